The lowest BCUT2D eigenvalue weighted by Gasteiger charge is -2.28. The van der Waals surface area contributed by atoms with E-state index in [1.54, 1.807) is 13.0 Å². The zero-order valence-electron chi connectivity index (χ0n) is 19.8. The zero-order chi connectivity index (χ0) is 23.2. The number of benzene rings is 1. The summed E-state index contributed by atoms with van der Waals surface area (Å²) in [4.78, 5) is 20.5. The predicted molar refractivity (Wildman–Crippen MR) is 131 cm³/mol. The Morgan fingerprint density at radius 3 is 2.29 bits per heavy atom. The highest BCUT2D eigenvalue weighted by molar-refractivity contribution is 6.49. The number of carbonyl (C=O) groups is 1. The van der Waals surface area contributed by atoms with E-state index in [9.17, 15) is 4.79 Å². The van der Waals surface area contributed by atoms with Crippen LogP contribution < -0.4 is 15.5 Å². The third-order valence-corrected chi connectivity index (χ3v) is 5.62. The molecule has 31 heavy (non-hydrogen) atoms. The second-order valence-corrected chi connectivity index (χ2v) is 9.94. The van der Waals surface area contributed by atoms with Gasteiger partial charge < -0.3 is 20.0 Å². The van der Waals surface area contributed by atoms with Crippen molar-refractivity contribution < 1.29 is 14.2 Å². The average Bonchev–Trinajstić information content (AvgIpc) is 2.69. The summed E-state index contributed by atoms with van der Waals surface area (Å²) in [5, 5.41) is 0.0434. The van der Waals surface area contributed by atoms with Crippen LogP contribution in [0.5, 0.6) is 0 Å². The Morgan fingerprint density at radius 2 is 1.71 bits per heavy atom. The van der Waals surface area contributed by atoms with Gasteiger partial charge in [-0.1, -0.05) is 11.6 Å². The fourth-order valence-electron chi connectivity index (χ4n) is 3.46. The zero-order valence-corrected chi connectivity index (χ0v) is 20.6. The molecule has 3 N–H and O–H groups in total. The number of anilines is 1. The maximum Gasteiger partial charge on any atom is 0.202 e. The van der Waals surface area contributed by atoms with Crippen molar-refractivity contribution in [2.45, 2.75) is 19.8 Å². The van der Waals surface area contributed by atoms with Gasteiger partial charge in [-0.2, -0.15) is 0 Å². The maximum atomic E-state index is 11.9. The first-order valence-corrected chi connectivity index (χ1v) is 11.3. The minimum atomic E-state index is -0.238. The van der Waals surface area contributed by atoms with E-state index in [-0.39, 0.29) is 16.5 Å². The van der Waals surface area contributed by atoms with Crippen LogP contribution in [0.4, 0.5) is 11.4 Å². The fourth-order valence-corrected chi connectivity index (χ4v) is 3.70. The standard InChI is InChI=1S/C24H36ClN5O/c1-18-17-21(23(26)22(25)24(18)31)27-19-9-11-20(12-10-19)29(14-7-13-28(2)3)15-8-16-30(4,5)6/h9-12,17H,7-8,13-16H2,1-6H3,(H-,26,31)/p+2. The predicted octanol–water partition coefficient (Wildman–Crippen LogP) is 2.13. The number of aliphatic imine (C=N–C) groups is 1. The van der Waals surface area contributed by atoms with Gasteiger partial charge >= 0.3 is 0 Å². The smallest absolute Gasteiger partial charge is 0.202 e. The molecule has 7 heteroatoms. The summed E-state index contributed by atoms with van der Waals surface area (Å²) in [7, 11) is 11.1. The van der Waals surface area contributed by atoms with Crippen LogP contribution in [0.15, 0.2) is 51.6 Å². The van der Waals surface area contributed by atoms with Gasteiger partial charge in [0, 0.05) is 37.2 Å². The molecule has 0 aliphatic heterocycles. The summed E-state index contributed by atoms with van der Waals surface area (Å²) in [5.74, 6) is -0.238. The molecule has 1 aromatic rings. The van der Waals surface area contributed by atoms with Gasteiger partial charge in [-0.25, -0.2) is 4.99 Å². The molecule has 1 aliphatic carbocycles. The number of nitrogens with two attached hydrogens (primary N) is 1. The van der Waals surface area contributed by atoms with E-state index in [2.05, 4.69) is 57.3 Å². The van der Waals surface area contributed by atoms with Crippen molar-refractivity contribution >= 4 is 34.5 Å². The first kappa shape index (κ1) is 25.1. The molecule has 0 unspecified atom stereocenters. The van der Waals surface area contributed by atoms with Crippen LogP contribution in [0, 0.1) is 0 Å². The van der Waals surface area contributed by atoms with Gasteiger partial charge in [0.15, 0.2) is 0 Å². The SMILES string of the molecule is CC1=CC(=Nc2ccc(N(CCC[NH+](C)C)CCC[N+](C)(C)C)cc2)C(N)=C(Cl)C1=O. The van der Waals surface area contributed by atoms with E-state index >= 15 is 0 Å². The molecule has 0 spiro atoms. The van der Waals surface area contributed by atoms with E-state index in [1.807, 2.05) is 12.1 Å². The van der Waals surface area contributed by atoms with Crippen LogP contribution in [0.2, 0.25) is 0 Å². The number of quaternary nitrogens is 2. The summed E-state index contributed by atoms with van der Waals surface area (Å²) in [6.45, 7) is 6.07. The molecular weight excluding hydrogens is 410 g/mol. The van der Waals surface area contributed by atoms with Crippen molar-refractivity contribution in [3.63, 3.8) is 0 Å². The summed E-state index contributed by atoms with van der Waals surface area (Å²) < 4.78 is 0.971. The van der Waals surface area contributed by atoms with Gasteiger partial charge in [0.2, 0.25) is 5.78 Å². The molecule has 0 aromatic heterocycles. The summed E-state index contributed by atoms with van der Waals surface area (Å²) in [6, 6.07) is 8.21. The van der Waals surface area contributed by atoms with E-state index in [0.717, 1.165) is 49.2 Å². The van der Waals surface area contributed by atoms with Crippen LogP contribution in [-0.2, 0) is 4.79 Å². The quantitative estimate of drug-likeness (QED) is 0.426. The second-order valence-electron chi connectivity index (χ2n) is 9.56. The molecule has 2 rings (SSSR count). The normalized spacial score (nSPS) is 16.3. The van der Waals surface area contributed by atoms with Crippen molar-refractivity contribution in [3.05, 3.63) is 46.6 Å². The molecule has 170 valence electrons. The lowest BCUT2D eigenvalue weighted by atomic mass is 10.0. The molecule has 6 nitrogen and oxygen atoms in total. The van der Waals surface area contributed by atoms with Crippen molar-refractivity contribution in [1.29, 1.82) is 0 Å². The van der Waals surface area contributed by atoms with Gasteiger partial charge in [-0.15, -0.1) is 0 Å². The Labute approximate surface area is 192 Å². The highest BCUT2D eigenvalue weighted by atomic mass is 35.5. The molecule has 0 radical (unpaired) electrons. The Bertz CT molecular complexity index is 863. The first-order valence-electron chi connectivity index (χ1n) is 10.9. The first-order chi connectivity index (χ1) is 14.5. The summed E-state index contributed by atoms with van der Waals surface area (Å²) >= 11 is 6.07. The van der Waals surface area contributed by atoms with Gasteiger partial charge in [-0.3, -0.25) is 4.79 Å². The molecule has 0 bridgehead atoms. The van der Waals surface area contributed by atoms with Crippen LogP contribution in [0.1, 0.15) is 19.8 Å². The van der Waals surface area contributed by atoms with Crippen molar-refractivity contribution in [2.75, 3.05) is 66.3 Å². The van der Waals surface area contributed by atoms with Crippen molar-refractivity contribution in [2.24, 2.45) is 10.7 Å². The van der Waals surface area contributed by atoms with Gasteiger partial charge in [0.1, 0.15) is 5.03 Å². The van der Waals surface area contributed by atoms with Crippen molar-refractivity contribution in [1.82, 2.24) is 0 Å². The minimum absolute atomic E-state index is 0.0434. The second kappa shape index (κ2) is 10.9. The Morgan fingerprint density at radius 1 is 1.10 bits per heavy atom. The lowest BCUT2D eigenvalue weighted by Crippen LogP contribution is -3.05. The fraction of sp³-hybridized carbons (Fsp3) is 0.500. The summed E-state index contributed by atoms with van der Waals surface area (Å²) in [5.41, 5.74) is 9.30. The number of hydrogen-bond acceptors (Lipinski definition) is 4. The highest BCUT2D eigenvalue weighted by Crippen LogP contribution is 2.25. The number of hydrogen-bond donors (Lipinski definition) is 2. The van der Waals surface area contributed by atoms with Gasteiger partial charge in [-0.05, 0) is 37.3 Å². The maximum absolute atomic E-state index is 11.9. The third-order valence-electron chi connectivity index (χ3n) is 5.25. The molecule has 0 saturated heterocycles. The van der Waals surface area contributed by atoms with E-state index in [1.165, 1.54) is 10.6 Å². The third kappa shape index (κ3) is 7.80. The van der Waals surface area contributed by atoms with Gasteiger partial charge in [0.05, 0.1) is 65.4 Å². The molecule has 0 atom stereocenters. The van der Waals surface area contributed by atoms with Gasteiger partial charge in [0.25, 0.3) is 0 Å². The molecule has 0 heterocycles. The van der Waals surface area contributed by atoms with E-state index < -0.39 is 0 Å². The number of ketones is 1. The number of nitrogens with one attached hydrogen (secondary N) is 1. The highest BCUT2D eigenvalue weighted by Gasteiger charge is 2.21. The number of Topliss-reactive ketones (excluding diaryl/α,β-unsaturated/α-hetero) is 1. The van der Waals surface area contributed by atoms with E-state index in [4.69, 9.17) is 17.3 Å². The Hall–Kier alpha value is -2.15. The molecule has 0 amide bonds. The molecule has 0 fully saturated rings. The molecule has 1 aromatic carbocycles. The number of rotatable bonds is 10. The largest absolute Gasteiger partial charge is 0.396 e. The number of nitrogens with zero attached hydrogens (tertiary/aromatic N) is 3. The van der Waals surface area contributed by atoms with E-state index in [0.29, 0.717) is 11.3 Å². The van der Waals surface area contributed by atoms with Crippen LogP contribution in [-0.4, -0.2) is 77.4 Å². The average molecular weight is 448 g/mol. The van der Waals surface area contributed by atoms with Crippen molar-refractivity contribution in [3.8, 4) is 0 Å². The number of halogens is 1. The molecular formula is C24H38ClN5O+2. The monoisotopic (exact) mass is 447 g/mol. The van der Waals surface area contributed by atoms with Crippen LogP contribution >= 0.6 is 11.6 Å². The number of carbonyl (C=O) groups excluding carboxylic acids is 1. The topological polar surface area (TPSA) is 63.1 Å². The Kier molecular flexibility index (Phi) is 8.86. The number of allylic oxidation sites excluding steroid dienone is 3. The van der Waals surface area contributed by atoms with Crippen LogP contribution in [0.3, 0.4) is 0 Å². The summed E-state index contributed by atoms with van der Waals surface area (Å²) in [6.07, 6.45) is 3.98. The minimum Gasteiger partial charge on any atom is -0.396 e. The van der Waals surface area contributed by atoms with Crippen LogP contribution in [0.25, 0.3) is 0 Å². The molecule has 1 aliphatic rings. The Balaban J connectivity index is 2.16. The molecule has 0 saturated carbocycles. The lowest BCUT2D eigenvalue weighted by molar-refractivity contribution is -0.870.